The van der Waals surface area contributed by atoms with Crippen LogP contribution in [0.3, 0.4) is 0 Å². The molecule has 116 valence electrons. The maximum Gasteiger partial charge on any atom is 0.303 e. The van der Waals surface area contributed by atoms with E-state index in [1.165, 1.54) is 51.4 Å². The van der Waals surface area contributed by atoms with Crippen molar-refractivity contribution in [2.45, 2.75) is 84.0 Å². The van der Waals surface area contributed by atoms with E-state index in [0.29, 0.717) is 6.42 Å². The Labute approximate surface area is 125 Å². The third-order valence-corrected chi connectivity index (χ3v) is 3.32. The van der Waals surface area contributed by atoms with Crippen LogP contribution < -0.4 is 0 Å². The van der Waals surface area contributed by atoms with Gasteiger partial charge < -0.3 is 5.11 Å². The fraction of sp³-hybridized carbons (Fsp3) is 0.722. The Morgan fingerprint density at radius 1 is 0.750 bits per heavy atom. The van der Waals surface area contributed by atoms with Gasteiger partial charge in [0.1, 0.15) is 0 Å². The van der Waals surface area contributed by atoms with Crippen molar-refractivity contribution in [1.29, 1.82) is 0 Å². The molecular formula is C18H32O2. The monoisotopic (exact) mass is 280 g/mol. The van der Waals surface area contributed by atoms with Crippen molar-refractivity contribution < 1.29 is 9.90 Å². The first kappa shape index (κ1) is 18.9. The number of unbranched alkanes of at least 4 members (excludes halogenated alkanes) is 8. The zero-order valence-corrected chi connectivity index (χ0v) is 13.2. The Hall–Kier alpha value is -1.05. The molecule has 0 aromatic heterocycles. The molecule has 0 heterocycles. The van der Waals surface area contributed by atoms with Crippen LogP contribution in [0.5, 0.6) is 0 Å². The zero-order valence-electron chi connectivity index (χ0n) is 13.2. The van der Waals surface area contributed by atoms with Crippen molar-refractivity contribution in [3.63, 3.8) is 0 Å². The van der Waals surface area contributed by atoms with E-state index in [1.54, 1.807) is 0 Å². The van der Waals surface area contributed by atoms with Gasteiger partial charge in [-0.1, -0.05) is 56.9 Å². The molecule has 0 spiro atoms. The summed E-state index contributed by atoms with van der Waals surface area (Å²) in [6.07, 6.45) is 22.3. The molecule has 0 aromatic carbocycles. The van der Waals surface area contributed by atoms with Gasteiger partial charge in [0.2, 0.25) is 0 Å². The maximum atomic E-state index is 10.3. The van der Waals surface area contributed by atoms with Crippen LogP contribution in [-0.4, -0.2) is 11.1 Å². The molecule has 0 unspecified atom stereocenters. The Morgan fingerprint density at radius 2 is 1.25 bits per heavy atom. The molecule has 2 nitrogen and oxygen atoms in total. The molecule has 0 rings (SSSR count). The van der Waals surface area contributed by atoms with Crippen molar-refractivity contribution in [1.82, 2.24) is 0 Å². The van der Waals surface area contributed by atoms with Gasteiger partial charge in [-0.15, -0.1) is 0 Å². The van der Waals surface area contributed by atoms with Crippen LogP contribution in [0.15, 0.2) is 24.3 Å². The maximum absolute atomic E-state index is 10.3. The highest BCUT2D eigenvalue weighted by Gasteiger charge is 1.96. The third-order valence-electron chi connectivity index (χ3n) is 3.32. The molecule has 0 amide bonds. The third kappa shape index (κ3) is 16.9. The van der Waals surface area contributed by atoms with Crippen LogP contribution in [0.25, 0.3) is 0 Å². The van der Waals surface area contributed by atoms with Crippen molar-refractivity contribution >= 4 is 5.97 Å². The second-order valence-corrected chi connectivity index (χ2v) is 5.34. The lowest BCUT2D eigenvalue weighted by molar-refractivity contribution is -0.137. The second kappa shape index (κ2) is 16.0. The highest BCUT2D eigenvalue weighted by Crippen LogP contribution is 2.09. The van der Waals surface area contributed by atoms with E-state index in [2.05, 4.69) is 31.2 Å². The Kier molecular flexibility index (Phi) is 15.2. The molecular weight excluding hydrogens is 248 g/mol. The first-order valence-corrected chi connectivity index (χ1v) is 8.29. The Balaban J connectivity index is 3.11. The second-order valence-electron chi connectivity index (χ2n) is 5.34. The van der Waals surface area contributed by atoms with E-state index >= 15 is 0 Å². The minimum atomic E-state index is -0.666. The molecule has 0 saturated carbocycles. The largest absolute Gasteiger partial charge is 0.481 e. The molecule has 0 atom stereocenters. The molecule has 0 aromatic rings. The summed E-state index contributed by atoms with van der Waals surface area (Å²) >= 11 is 0. The number of aliphatic carboxylic acids is 1. The molecule has 0 radical (unpaired) electrons. The minimum Gasteiger partial charge on any atom is -0.481 e. The predicted octanol–water partition coefficient (Wildman–Crippen LogP) is 5.88. The summed E-state index contributed by atoms with van der Waals surface area (Å²) in [6, 6.07) is 0. The van der Waals surface area contributed by atoms with Crippen LogP contribution in [0.2, 0.25) is 0 Å². The van der Waals surface area contributed by atoms with Gasteiger partial charge in [0.05, 0.1) is 0 Å². The van der Waals surface area contributed by atoms with Crippen LogP contribution in [0.4, 0.5) is 0 Å². The quantitative estimate of drug-likeness (QED) is 0.318. The number of hydrogen-bond acceptors (Lipinski definition) is 1. The molecule has 0 aliphatic rings. The summed E-state index contributed by atoms with van der Waals surface area (Å²) in [6.45, 7) is 2.17. The van der Waals surface area contributed by atoms with Gasteiger partial charge in [-0.05, 0) is 44.9 Å². The fourth-order valence-electron chi connectivity index (χ4n) is 2.12. The van der Waals surface area contributed by atoms with E-state index in [1.807, 2.05) is 0 Å². The van der Waals surface area contributed by atoms with E-state index < -0.39 is 5.97 Å². The molecule has 2 heteroatoms. The highest BCUT2D eigenvalue weighted by molar-refractivity contribution is 5.66. The first-order chi connectivity index (χ1) is 9.77. The predicted molar refractivity (Wildman–Crippen MR) is 87.0 cm³/mol. The van der Waals surface area contributed by atoms with Crippen molar-refractivity contribution in [2.75, 3.05) is 0 Å². The lowest BCUT2D eigenvalue weighted by Crippen LogP contribution is -1.93. The summed E-state index contributed by atoms with van der Waals surface area (Å²) in [4.78, 5) is 10.3. The standard InChI is InChI=1S/C18H32O2/c1-2-3-4-5-6-7-8-9-10-11-12-13-14-15-16-17-18(19)20/h3-4,8-9H,2,5-7,10-17H2,1H3,(H,19,20)/b4-3-,9-8+. The fourth-order valence-corrected chi connectivity index (χ4v) is 2.12. The molecule has 1 N–H and O–H groups in total. The summed E-state index contributed by atoms with van der Waals surface area (Å²) in [5.41, 5.74) is 0. The topological polar surface area (TPSA) is 37.3 Å². The van der Waals surface area contributed by atoms with Crippen molar-refractivity contribution in [2.24, 2.45) is 0 Å². The summed E-state index contributed by atoms with van der Waals surface area (Å²) in [5.74, 6) is -0.666. The van der Waals surface area contributed by atoms with E-state index in [0.717, 1.165) is 19.3 Å². The van der Waals surface area contributed by atoms with E-state index in [-0.39, 0.29) is 0 Å². The van der Waals surface area contributed by atoms with Crippen molar-refractivity contribution in [3.8, 4) is 0 Å². The minimum absolute atomic E-state index is 0.330. The molecule has 0 fully saturated rings. The van der Waals surface area contributed by atoms with E-state index in [4.69, 9.17) is 5.11 Å². The molecule has 20 heavy (non-hydrogen) atoms. The number of rotatable bonds is 14. The average molecular weight is 280 g/mol. The number of allylic oxidation sites excluding steroid dienone is 4. The lowest BCUT2D eigenvalue weighted by Gasteiger charge is -1.99. The molecule has 0 bridgehead atoms. The Morgan fingerprint density at radius 3 is 1.85 bits per heavy atom. The van der Waals surface area contributed by atoms with Crippen LogP contribution in [0.1, 0.15) is 84.0 Å². The summed E-state index contributed by atoms with van der Waals surface area (Å²) in [5, 5.41) is 8.51. The van der Waals surface area contributed by atoms with Gasteiger partial charge in [-0.2, -0.15) is 0 Å². The number of carbonyl (C=O) groups is 1. The van der Waals surface area contributed by atoms with Gasteiger partial charge in [-0.25, -0.2) is 0 Å². The number of carboxylic acid groups (broad SMARTS) is 1. The van der Waals surface area contributed by atoms with Gasteiger partial charge in [0, 0.05) is 6.42 Å². The number of carboxylic acids is 1. The van der Waals surface area contributed by atoms with Gasteiger partial charge in [0.25, 0.3) is 0 Å². The van der Waals surface area contributed by atoms with Crippen LogP contribution in [-0.2, 0) is 4.79 Å². The van der Waals surface area contributed by atoms with Crippen LogP contribution in [0, 0.1) is 0 Å². The summed E-state index contributed by atoms with van der Waals surface area (Å²) < 4.78 is 0. The highest BCUT2D eigenvalue weighted by atomic mass is 16.4. The SMILES string of the molecule is CC/C=C\CCC/C=C/CCCCCCCCC(=O)O. The lowest BCUT2D eigenvalue weighted by atomic mass is 10.1. The first-order valence-electron chi connectivity index (χ1n) is 8.29. The molecule has 0 aliphatic heterocycles. The molecule has 0 aliphatic carbocycles. The summed E-state index contributed by atoms with van der Waals surface area (Å²) in [7, 11) is 0. The number of hydrogen-bond donors (Lipinski definition) is 1. The van der Waals surface area contributed by atoms with Crippen molar-refractivity contribution in [3.05, 3.63) is 24.3 Å². The zero-order chi connectivity index (χ0) is 14.9. The molecule has 0 saturated heterocycles. The Bertz CT molecular complexity index is 267. The van der Waals surface area contributed by atoms with Gasteiger partial charge >= 0.3 is 5.97 Å². The van der Waals surface area contributed by atoms with Gasteiger partial charge in [0.15, 0.2) is 0 Å². The normalized spacial score (nSPS) is 11.7. The van der Waals surface area contributed by atoms with E-state index in [9.17, 15) is 4.79 Å². The smallest absolute Gasteiger partial charge is 0.303 e. The average Bonchev–Trinajstić information content (AvgIpc) is 2.43. The van der Waals surface area contributed by atoms with Gasteiger partial charge in [-0.3, -0.25) is 4.79 Å². The van der Waals surface area contributed by atoms with Crippen LogP contribution >= 0.6 is 0 Å².